The van der Waals surface area contributed by atoms with Crippen molar-refractivity contribution in [1.29, 1.82) is 0 Å². The minimum absolute atomic E-state index is 0.00780. The Balaban J connectivity index is 2.71. The van der Waals surface area contributed by atoms with Gasteiger partial charge in [0.2, 0.25) is 0 Å². The Morgan fingerprint density at radius 2 is 2.24 bits per heavy atom. The summed E-state index contributed by atoms with van der Waals surface area (Å²) < 4.78 is 2.41. The maximum atomic E-state index is 12.2. The van der Waals surface area contributed by atoms with Gasteiger partial charge < -0.3 is 5.11 Å². The second-order valence-corrected chi connectivity index (χ2v) is 5.42. The molecule has 0 radical (unpaired) electrons. The zero-order valence-corrected chi connectivity index (χ0v) is 11.3. The highest BCUT2D eigenvalue weighted by molar-refractivity contribution is 8.00. The van der Waals surface area contributed by atoms with Gasteiger partial charge in [0.25, 0.3) is 5.56 Å². The number of aromatic nitrogens is 3. The van der Waals surface area contributed by atoms with Gasteiger partial charge in [-0.1, -0.05) is 23.1 Å². The van der Waals surface area contributed by atoms with E-state index < -0.39 is 0 Å². The first-order chi connectivity index (χ1) is 8.21. The van der Waals surface area contributed by atoms with Crippen molar-refractivity contribution in [2.45, 2.75) is 24.2 Å². The van der Waals surface area contributed by atoms with Crippen molar-refractivity contribution < 1.29 is 5.11 Å². The number of rotatable bonds is 4. The molecule has 0 amide bonds. The van der Waals surface area contributed by atoms with Crippen LogP contribution in [0.15, 0.2) is 9.13 Å². The molecule has 17 heavy (non-hydrogen) atoms. The number of thiazole rings is 1. The Morgan fingerprint density at radius 3 is 2.82 bits per heavy atom. The number of aliphatic hydroxyl groups is 1. The van der Waals surface area contributed by atoms with Gasteiger partial charge in [0, 0.05) is 13.0 Å². The minimum Gasteiger partial charge on any atom is -0.396 e. The lowest BCUT2D eigenvalue weighted by atomic mass is 10.4. The molecule has 2 rings (SSSR count). The summed E-state index contributed by atoms with van der Waals surface area (Å²) >= 11 is 2.92. The highest BCUT2D eigenvalue weighted by atomic mass is 32.2. The molecule has 0 unspecified atom stereocenters. The zero-order valence-electron chi connectivity index (χ0n) is 9.63. The molecule has 0 fully saturated rings. The highest BCUT2D eigenvalue weighted by Gasteiger charge is 2.13. The third-order valence-corrected chi connectivity index (χ3v) is 4.34. The van der Waals surface area contributed by atoms with Gasteiger partial charge in [-0.3, -0.25) is 9.36 Å². The van der Waals surface area contributed by atoms with Crippen LogP contribution in [0.5, 0.6) is 0 Å². The first kappa shape index (κ1) is 12.5. The van der Waals surface area contributed by atoms with E-state index in [4.69, 9.17) is 5.11 Å². The molecule has 0 aromatic carbocycles. The van der Waals surface area contributed by atoms with E-state index in [9.17, 15) is 4.79 Å². The number of nitrogens with zero attached hydrogens (tertiary/aromatic N) is 3. The summed E-state index contributed by atoms with van der Waals surface area (Å²) in [6.07, 6.45) is 2.32. The maximum absolute atomic E-state index is 12.2. The molecule has 0 aliphatic carbocycles. The first-order valence-electron chi connectivity index (χ1n) is 5.26. The molecule has 7 heteroatoms. The largest absolute Gasteiger partial charge is 0.396 e. The van der Waals surface area contributed by atoms with Gasteiger partial charge in [0.1, 0.15) is 5.82 Å². The molecule has 0 atom stereocenters. The summed E-state index contributed by atoms with van der Waals surface area (Å²) in [6, 6.07) is 0. The minimum atomic E-state index is -0.113. The van der Waals surface area contributed by atoms with Gasteiger partial charge in [0.15, 0.2) is 14.7 Å². The molecular formula is C10H13N3O2S2. The SMILES string of the molecule is CCn1c(CCO)nc2sc(SC)nc2c1=O. The summed E-state index contributed by atoms with van der Waals surface area (Å²) in [5.41, 5.74) is 0.320. The fourth-order valence-corrected chi connectivity index (χ4v) is 3.07. The quantitative estimate of drug-likeness (QED) is 0.844. The molecule has 0 bridgehead atoms. The van der Waals surface area contributed by atoms with Crippen LogP contribution in [0, 0.1) is 0 Å². The molecule has 0 aliphatic rings. The highest BCUT2D eigenvalue weighted by Crippen LogP contribution is 2.24. The molecule has 0 saturated carbocycles. The van der Waals surface area contributed by atoms with Crippen molar-refractivity contribution in [2.75, 3.05) is 12.9 Å². The van der Waals surface area contributed by atoms with Gasteiger partial charge in [0.05, 0.1) is 6.61 Å². The molecule has 2 aromatic heterocycles. The number of hydrogen-bond acceptors (Lipinski definition) is 6. The number of fused-ring (bicyclic) bond motifs is 1. The van der Waals surface area contributed by atoms with Crippen LogP contribution in [-0.4, -0.2) is 32.5 Å². The van der Waals surface area contributed by atoms with Gasteiger partial charge in [-0.05, 0) is 13.2 Å². The van der Waals surface area contributed by atoms with E-state index >= 15 is 0 Å². The van der Waals surface area contributed by atoms with Crippen molar-refractivity contribution in [3.63, 3.8) is 0 Å². The van der Waals surface area contributed by atoms with Gasteiger partial charge in [-0.2, -0.15) is 0 Å². The van der Waals surface area contributed by atoms with Crippen LogP contribution >= 0.6 is 23.1 Å². The fraction of sp³-hybridized carbons (Fsp3) is 0.500. The van der Waals surface area contributed by atoms with Gasteiger partial charge in [-0.15, -0.1) is 0 Å². The lowest BCUT2D eigenvalue weighted by Crippen LogP contribution is -2.25. The number of thioether (sulfide) groups is 1. The lowest BCUT2D eigenvalue weighted by Gasteiger charge is -2.07. The predicted molar refractivity (Wildman–Crippen MR) is 69.9 cm³/mol. The molecule has 5 nitrogen and oxygen atoms in total. The average molecular weight is 271 g/mol. The van der Waals surface area contributed by atoms with Crippen LogP contribution in [0.25, 0.3) is 10.3 Å². The van der Waals surface area contributed by atoms with Crippen molar-refractivity contribution in [3.05, 3.63) is 16.2 Å². The predicted octanol–water partition coefficient (Wildman–Crippen LogP) is 1.13. The Morgan fingerprint density at radius 1 is 1.47 bits per heavy atom. The Labute approximate surface area is 107 Å². The number of hydrogen-bond donors (Lipinski definition) is 1. The Kier molecular flexibility index (Phi) is 3.80. The molecule has 2 heterocycles. The molecule has 0 saturated heterocycles. The van der Waals surface area contributed by atoms with Crippen LogP contribution in [-0.2, 0) is 13.0 Å². The smallest absolute Gasteiger partial charge is 0.280 e. The molecule has 2 aromatic rings. The monoisotopic (exact) mass is 271 g/mol. The van der Waals surface area contributed by atoms with Crippen molar-refractivity contribution in [1.82, 2.24) is 14.5 Å². The third kappa shape index (κ3) is 2.22. The van der Waals surface area contributed by atoms with Crippen molar-refractivity contribution >= 4 is 33.4 Å². The molecule has 0 aliphatic heterocycles. The average Bonchev–Trinajstić information content (AvgIpc) is 2.73. The standard InChI is InChI=1S/C10H13N3O2S2/c1-3-13-6(4-5-14)11-8-7(9(13)15)12-10(16-2)17-8/h14H,3-5H2,1-2H3. The summed E-state index contributed by atoms with van der Waals surface area (Å²) in [4.78, 5) is 21.5. The zero-order chi connectivity index (χ0) is 12.4. The van der Waals surface area contributed by atoms with E-state index in [0.717, 1.165) is 4.34 Å². The maximum Gasteiger partial charge on any atom is 0.280 e. The normalized spacial score (nSPS) is 11.2. The van der Waals surface area contributed by atoms with Crippen LogP contribution in [0.3, 0.4) is 0 Å². The lowest BCUT2D eigenvalue weighted by molar-refractivity contribution is 0.294. The van der Waals surface area contributed by atoms with Crippen LogP contribution in [0.2, 0.25) is 0 Å². The van der Waals surface area contributed by atoms with E-state index in [1.54, 1.807) is 4.57 Å². The van der Waals surface area contributed by atoms with Crippen molar-refractivity contribution in [3.8, 4) is 0 Å². The summed E-state index contributed by atoms with van der Waals surface area (Å²) in [5, 5.41) is 8.98. The summed E-state index contributed by atoms with van der Waals surface area (Å²) in [7, 11) is 0. The van der Waals surface area contributed by atoms with E-state index in [-0.39, 0.29) is 12.2 Å². The second-order valence-electron chi connectivity index (χ2n) is 3.39. The first-order valence-corrected chi connectivity index (χ1v) is 7.30. The second kappa shape index (κ2) is 5.16. The molecule has 0 spiro atoms. The third-order valence-electron chi connectivity index (χ3n) is 2.41. The molecular weight excluding hydrogens is 258 g/mol. The Hall–Kier alpha value is -0.920. The van der Waals surface area contributed by atoms with Crippen molar-refractivity contribution in [2.24, 2.45) is 0 Å². The molecule has 92 valence electrons. The summed E-state index contributed by atoms with van der Waals surface area (Å²) in [5.74, 6) is 0.629. The number of aliphatic hydroxyl groups excluding tert-OH is 1. The van der Waals surface area contributed by atoms with Crippen LogP contribution < -0.4 is 5.56 Å². The van der Waals surface area contributed by atoms with Gasteiger partial charge >= 0.3 is 0 Å². The van der Waals surface area contributed by atoms with E-state index in [1.165, 1.54) is 23.1 Å². The Bertz CT molecular complexity index is 591. The fourth-order valence-electron chi connectivity index (χ4n) is 1.63. The molecule has 1 N–H and O–H groups in total. The van der Waals surface area contributed by atoms with E-state index in [1.807, 2.05) is 13.2 Å². The van der Waals surface area contributed by atoms with E-state index in [0.29, 0.717) is 29.1 Å². The van der Waals surface area contributed by atoms with Gasteiger partial charge in [-0.25, -0.2) is 9.97 Å². The topological polar surface area (TPSA) is 68.0 Å². The van der Waals surface area contributed by atoms with Crippen LogP contribution in [0.1, 0.15) is 12.7 Å². The van der Waals surface area contributed by atoms with E-state index in [2.05, 4.69) is 9.97 Å². The summed E-state index contributed by atoms with van der Waals surface area (Å²) in [6.45, 7) is 2.42. The van der Waals surface area contributed by atoms with Crippen LogP contribution in [0.4, 0.5) is 0 Å².